The Hall–Kier alpha value is -3.56. The minimum absolute atomic E-state index is 0.0267. The van der Waals surface area contributed by atoms with Crippen molar-refractivity contribution in [3.05, 3.63) is 77.8 Å². The van der Waals surface area contributed by atoms with Crippen LogP contribution in [0.2, 0.25) is 0 Å². The molecule has 0 spiro atoms. The highest BCUT2D eigenvalue weighted by Crippen LogP contribution is 2.35. The fourth-order valence-corrected chi connectivity index (χ4v) is 2.26. The van der Waals surface area contributed by atoms with Gasteiger partial charge in [-0.05, 0) is 24.3 Å². The normalized spacial score (nSPS) is 11.2. The quantitative estimate of drug-likeness (QED) is 0.626. The van der Waals surface area contributed by atoms with Crippen LogP contribution in [0.5, 0.6) is 0 Å². The third kappa shape index (κ3) is 4.40. The van der Waals surface area contributed by atoms with Crippen molar-refractivity contribution in [3.63, 3.8) is 0 Å². The first-order valence-electron chi connectivity index (χ1n) is 7.76. The second-order valence-corrected chi connectivity index (χ2v) is 5.53. The molecule has 0 saturated carbocycles. The molecule has 0 fully saturated rings. The first-order valence-corrected chi connectivity index (χ1v) is 7.76. The van der Waals surface area contributed by atoms with Crippen LogP contribution < -0.4 is 10.6 Å². The maximum Gasteiger partial charge on any atom is 0.418 e. The van der Waals surface area contributed by atoms with E-state index in [-0.39, 0.29) is 22.9 Å². The van der Waals surface area contributed by atoms with Crippen LogP contribution in [0.4, 0.5) is 39.1 Å². The van der Waals surface area contributed by atoms with Crippen molar-refractivity contribution in [1.29, 1.82) is 0 Å². The number of carbonyl (C=O) groups is 1. The van der Waals surface area contributed by atoms with E-state index in [2.05, 4.69) is 20.6 Å². The van der Waals surface area contributed by atoms with Crippen LogP contribution in [0.15, 0.2) is 54.9 Å². The molecule has 0 aliphatic rings. The van der Waals surface area contributed by atoms with E-state index in [0.29, 0.717) is 6.07 Å². The van der Waals surface area contributed by atoms with Gasteiger partial charge in [-0.15, -0.1) is 0 Å². The molecule has 10 heteroatoms. The van der Waals surface area contributed by atoms with Crippen molar-refractivity contribution in [2.45, 2.75) is 6.18 Å². The zero-order valence-electron chi connectivity index (χ0n) is 13.9. The van der Waals surface area contributed by atoms with Gasteiger partial charge in [0, 0.05) is 6.07 Å². The Bertz CT molecular complexity index is 1010. The van der Waals surface area contributed by atoms with Crippen LogP contribution in [0.25, 0.3) is 0 Å². The maximum absolute atomic E-state index is 13.6. The molecule has 5 nitrogen and oxygen atoms in total. The molecule has 1 heterocycles. The van der Waals surface area contributed by atoms with Gasteiger partial charge in [0.25, 0.3) is 5.91 Å². The molecule has 0 radical (unpaired) electrons. The zero-order valence-corrected chi connectivity index (χ0v) is 13.9. The first-order chi connectivity index (χ1) is 13.2. The predicted octanol–water partition coefficient (Wildman–Crippen LogP) is 4.77. The minimum Gasteiger partial charge on any atom is -0.338 e. The number of nitrogens with one attached hydrogen (secondary N) is 2. The van der Waals surface area contributed by atoms with Gasteiger partial charge in [-0.3, -0.25) is 4.79 Å². The van der Waals surface area contributed by atoms with Gasteiger partial charge in [-0.25, -0.2) is 18.7 Å². The molecule has 0 unspecified atom stereocenters. The number of hydrogen-bond acceptors (Lipinski definition) is 4. The highest BCUT2D eigenvalue weighted by atomic mass is 19.4. The van der Waals surface area contributed by atoms with E-state index in [1.165, 1.54) is 18.2 Å². The topological polar surface area (TPSA) is 66.9 Å². The number of amides is 1. The van der Waals surface area contributed by atoms with Crippen molar-refractivity contribution >= 4 is 23.1 Å². The number of benzene rings is 2. The average molecular weight is 394 g/mol. The molecule has 0 saturated heterocycles. The van der Waals surface area contributed by atoms with Crippen LogP contribution in [0.1, 0.15) is 16.1 Å². The Morgan fingerprint density at radius 2 is 1.68 bits per heavy atom. The fraction of sp³-hybridized carbons (Fsp3) is 0.0556. The Labute approximate surface area is 155 Å². The van der Waals surface area contributed by atoms with Crippen LogP contribution in [0, 0.1) is 11.6 Å². The first kappa shape index (κ1) is 19.2. The minimum atomic E-state index is -4.56. The maximum atomic E-state index is 13.6. The monoisotopic (exact) mass is 394 g/mol. The number of alkyl halides is 3. The molecule has 3 aromatic rings. The van der Waals surface area contributed by atoms with Gasteiger partial charge in [0.2, 0.25) is 0 Å². The highest BCUT2D eigenvalue weighted by Gasteiger charge is 2.33. The van der Waals surface area contributed by atoms with E-state index in [1.807, 2.05) is 0 Å². The Morgan fingerprint density at radius 1 is 0.929 bits per heavy atom. The summed E-state index contributed by atoms with van der Waals surface area (Å²) in [5.74, 6) is -2.62. The average Bonchev–Trinajstić information content (AvgIpc) is 2.64. The molecule has 0 aliphatic carbocycles. The molecular formula is C18H11F5N4O. The zero-order chi connectivity index (χ0) is 20.3. The highest BCUT2D eigenvalue weighted by molar-refractivity contribution is 6.02. The van der Waals surface area contributed by atoms with Gasteiger partial charge < -0.3 is 10.6 Å². The molecule has 0 bridgehead atoms. The summed E-state index contributed by atoms with van der Waals surface area (Å²) in [6.45, 7) is 0. The second kappa shape index (κ2) is 7.59. The SMILES string of the molecule is O=C(Nc1ccc(F)cc1F)c1cnc(Nc2ccccc2C(F)(F)F)cn1. The van der Waals surface area contributed by atoms with E-state index in [0.717, 1.165) is 30.6 Å². The molecule has 0 aliphatic heterocycles. The van der Waals surface area contributed by atoms with E-state index in [1.54, 1.807) is 0 Å². The van der Waals surface area contributed by atoms with Crippen LogP contribution in [0.3, 0.4) is 0 Å². The number of anilines is 3. The number of aromatic nitrogens is 2. The third-order valence-corrected chi connectivity index (χ3v) is 3.56. The van der Waals surface area contributed by atoms with E-state index in [4.69, 9.17) is 0 Å². The summed E-state index contributed by atoms with van der Waals surface area (Å²) in [7, 11) is 0. The largest absolute Gasteiger partial charge is 0.418 e. The molecule has 2 aromatic carbocycles. The van der Waals surface area contributed by atoms with E-state index in [9.17, 15) is 26.7 Å². The standard InChI is InChI=1S/C18H11F5N4O/c19-10-5-6-14(12(20)7-10)27-17(28)15-8-25-16(9-24-15)26-13-4-2-1-3-11(13)18(21,22)23/h1-9H,(H,25,26)(H,27,28). The van der Waals surface area contributed by atoms with Gasteiger partial charge in [-0.1, -0.05) is 12.1 Å². The predicted molar refractivity (Wildman–Crippen MR) is 91.1 cm³/mol. The van der Waals surface area contributed by atoms with Gasteiger partial charge in [0.1, 0.15) is 23.1 Å². The Balaban J connectivity index is 1.74. The molecule has 0 atom stereocenters. The molecule has 1 aromatic heterocycles. The molecule has 144 valence electrons. The summed E-state index contributed by atoms with van der Waals surface area (Å²) < 4.78 is 65.5. The van der Waals surface area contributed by atoms with Crippen molar-refractivity contribution < 1.29 is 26.7 Å². The van der Waals surface area contributed by atoms with Crippen LogP contribution in [-0.4, -0.2) is 15.9 Å². The van der Waals surface area contributed by atoms with Gasteiger partial charge in [0.15, 0.2) is 0 Å². The molecule has 2 N–H and O–H groups in total. The van der Waals surface area contributed by atoms with Crippen molar-refractivity contribution in [2.75, 3.05) is 10.6 Å². The fourth-order valence-electron chi connectivity index (χ4n) is 2.26. The summed E-state index contributed by atoms with van der Waals surface area (Å²) in [6.07, 6.45) is -2.49. The number of nitrogens with zero attached hydrogens (tertiary/aromatic N) is 2. The summed E-state index contributed by atoms with van der Waals surface area (Å²) >= 11 is 0. The molecular weight excluding hydrogens is 383 g/mol. The number of halogens is 5. The number of rotatable bonds is 4. The Kier molecular flexibility index (Phi) is 5.21. The van der Waals surface area contributed by atoms with Crippen LogP contribution in [-0.2, 0) is 6.18 Å². The number of hydrogen-bond donors (Lipinski definition) is 2. The van der Waals surface area contributed by atoms with Gasteiger partial charge >= 0.3 is 6.18 Å². The van der Waals surface area contributed by atoms with Gasteiger partial charge in [0.05, 0.1) is 29.3 Å². The lowest BCUT2D eigenvalue weighted by Crippen LogP contribution is -2.15. The van der Waals surface area contributed by atoms with Crippen molar-refractivity contribution in [2.24, 2.45) is 0 Å². The van der Waals surface area contributed by atoms with Crippen molar-refractivity contribution in [3.8, 4) is 0 Å². The lowest BCUT2D eigenvalue weighted by Gasteiger charge is -2.13. The summed E-state index contributed by atoms with van der Waals surface area (Å²) in [5.41, 5.74) is -1.58. The third-order valence-electron chi connectivity index (χ3n) is 3.56. The molecule has 3 rings (SSSR count). The smallest absolute Gasteiger partial charge is 0.338 e. The second-order valence-electron chi connectivity index (χ2n) is 5.53. The summed E-state index contributed by atoms with van der Waals surface area (Å²) in [6, 6.07) is 7.42. The van der Waals surface area contributed by atoms with Crippen LogP contribution >= 0.6 is 0 Å². The lowest BCUT2D eigenvalue weighted by atomic mass is 10.1. The molecule has 1 amide bonds. The molecule has 28 heavy (non-hydrogen) atoms. The van der Waals surface area contributed by atoms with Gasteiger partial charge in [-0.2, -0.15) is 13.2 Å². The Morgan fingerprint density at radius 3 is 2.32 bits per heavy atom. The summed E-state index contributed by atoms with van der Waals surface area (Å²) in [5, 5.41) is 4.68. The lowest BCUT2D eigenvalue weighted by molar-refractivity contribution is -0.136. The van der Waals surface area contributed by atoms with Crippen molar-refractivity contribution in [1.82, 2.24) is 9.97 Å². The summed E-state index contributed by atoms with van der Waals surface area (Å²) in [4.78, 5) is 19.7. The van der Waals surface area contributed by atoms with E-state index < -0.39 is 29.3 Å². The number of carbonyl (C=O) groups excluding carboxylic acids is 1. The number of para-hydroxylation sites is 1. The van der Waals surface area contributed by atoms with E-state index >= 15 is 0 Å².